The number of aromatic nitrogens is 4. The van der Waals surface area contributed by atoms with Gasteiger partial charge in [-0.2, -0.15) is 0 Å². The van der Waals surface area contributed by atoms with Gasteiger partial charge in [-0.1, -0.05) is 20.3 Å². The fraction of sp³-hybridized carbons (Fsp3) is 0.462. The number of nitrogens with two attached hydrogens (primary N) is 1. The summed E-state index contributed by atoms with van der Waals surface area (Å²) in [6, 6.07) is 4.44. The molecule has 19 heavy (non-hydrogen) atoms. The van der Waals surface area contributed by atoms with Crippen LogP contribution in [0, 0.1) is 5.82 Å². The number of hydrogen-bond acceptors (Lipinski definition) is 4. The third-order valence-corrected chi connectivity index (χ3v) is 3.19. The van der Waals surface area contributed by atoms with Crippen LogP contribution in [0.1, 0.15) is 39.2 Å². The number of nitrogen functional groups attached to an aromatic ring is 1. The number of halogens is 1. The average molecular weight is 263 g/mol. The van der Waals surface area contributed by atoms with Crippen molar-refractivity contribution in [1.29, 1.82) is 0 Å². The first-order chi connectivity index (χ1) is 9.17. The Morgan fingerprint density at radius 1 is 1.37 bits per heavy atom. The molecule has 0 aliphatic heterocycles. The van der Waals surface area contributed by atoms with Crippen molar-refractivity contribution < 1.29 is 4.39 Å². The van der Waals surface area contributed by atoms with Crippen LogP contribution in [0.4, 0.5) is 10.1 Å². The normalized spacial score (nSPS) is 12.6. The Hall–Kier alpha value is -1.98. The second kappa shape index (κ2) is 5.77. The lowest BCUT2D eigenvalue weighted by Gasteiger charge is -2.16. The lowest BCUT2D eigenvalue weighted by Crippen LogP contribution is -2.12. The number of rotatable bonds is 5. The minimum atomic E-state index is -0.345. The van der Waals surface area contributed by atoms with Crippen LogP contribution in [-0.2, 0) is 0 Å². The second-order valence-corrected chi connectivity index (χ2v) is 4.53. The Kier molecular flexibility index (Phi) is 4.09. The zero-order valence-electron chi connectivity index (χ0n) is 11.2. The largest absolute Gasteiger partial charge is 0.398 e. The summed E-state index contributed by atoms with van der Waals surface area (Å²) in [5, 5.41) is 11.7. The van der Waals surface area contributed by atoms with Crippen LogP contribution >= 0.6 is 0 Å². The minimum Gasteiger partial charge on any atom is -0.398 e. The number of benzene rings is 1. The van der Waals surface area contributed by atoms with Crippen LogP contribution in [0.25, 0.3) is 11.4 Å². The molecular formula is C13H18FN5. The molecule has 6 heteroatoms. The molecule has 0 saturated carbocycles. The van der Waals surface area contributed by atoms with E-state index in [1.165, 1.54) is 18.2 Å². The molecule has 0 aliphatic carbocycles. The van der Waals surface area contributed by atoms with Crippen LogP contribution in [0.3, 0.4) is 0 Å². The topological polar surface area (TPSA) is 69.6 Å². The Morgan fingerprint density at radius 2 is 2.16 bits per heavy atom. The summed E-state index contributed by atoms with van der Waals surface area (Å²) in [6.45, 7) is 4.20. The Balaban J connectivity index is 2.46. The van der Waals surface area contributed by atoms with E-state index in [0.717, 1.165) is 19.3 Å². The van der Waals surface area contributed by atoms with E-state index in [1.54, 1.807) is 4.68 Å². The smallest absolute Gasteiger partial charge is 0.184 e. The highest BCUT2D eigenvalue weighted by Crippen LogP contribution is 2.28. The first kappa shape index (κ1) is 13.5. The average Bonchev–Trinajstić information content (AvgIpc) is 2.87. The first-order valence-corrected chi connectivity index (χ1v) is 6.50. The minimum absolute atomic E-state index is 0.206. The maximum Gasteiger partial charge on any atom is 0.184 e. The standard InChI is InChI=1S/C13H18FN5/c1-3-5-10(4-2)19-13(16-17-18-19)11-8-9(14)6-7-12(11)15/h6-8,10H,3-5,15H2,1-2H3. The van der Waals surface area contributed by atoms with Crippen molar-refractivity contribution in [2.24, 2.45) is 0 Å². The van der Waals surface area contributed by atoms with Gasteiger partial charge in [0.05, 0.1) is 6.04 Å². The lowest BCUT2D eigenvalue weighted by molar-refractivity contribution is 0.404. The molecule has 1 unspecified atom stereocenters. The molecular weight excluding hydrogens is 245 g/mol. The van der Waals surface area contributed by atoms with E-state index >= 15 is 0 Å². The summed E-state index contributed by atoms with van der Waals surface area (Å²) in [5.74, 6) is 0.180. The maximum absolute atomic E-state index is 13.4. The van der Waals surface area contributed by atoms with Gasteiger partial charge in [-0.25, -0.2) is 9.07 Å². The van der Waals surface area contributed by atoms with E-state index in [2.05, 4.69) is 29.4 Å². The first-order valence-electron chi connectivity index (χ1n) is 6.50. The number of nitrogens with zero attached hydrogens (tertiary/aromatic N) is 4. The molecule has 0 aliphatic rings. The van der Waals surface area contributed by atoms with Gasteiger partial charge in [0.1, 0.15) is 5.82 Å². The predicted molar refractivity (Wildman–Crippen MR) is 71.9 cm³/mol. The SMILES string of the molecule is CCCC(CC)n1nnnc1-c1cc(F)ccc1N. The molecule has 0 saturated heterocycles. The van der Waals surface area contributed by atoms with E-state index in [4.69, 9.17) is 5.73 Å². The molecule has 2 N–H and O–H groups in total. The van der Waals surface area contributed by atoms with Gasteiger partial charge in [0.15, 0.2) is 5.82 Å². The van der Waals surface area contributed by atoms with Crippen molar-refractivity contribution in [3.05, 3.63) is 24.0 Å². The fourth-order valence-electron chi connectivity index (χ4n) is 2.17. The van der Waals surface area contributed by atoms with Gasteiger partial charge in [0.2, 0.25) is 0 Å². The Morgan fingerprint density at radius 3 is 2.84 bits per heavy atom. The molecule has 1 aromatic heterocycles. The highest BCUT2D eigenvalue weighted by molar-refractivity contribution is 5.71. The zero-order valence-corrected chi connectivity index (χ0v) is 11.2. The molecule has 2 aromatic rings. The second-order valence-electron chi connectivity index (χ2n) is 4.53. The molecule has 102 valence electrons. The number of anilines is 1. The molecule has 5 nitrogen and oxygen atoms in total. The molecule has 0 bridgehead atoms. The zero-order chi connectivity index (χ0) is 13.8. The van der Waals surface area contributed by atoms with Crippen molar-refractivity contribution in [3.8, 4) is 11.4 Å². The van der Waals surface area contributed by atoms with E-state index < -0.39 is 0 Å². The fourth-order valence-corrected chi connectivity index (χ4v) is 2.17. The summed E-state index contributed by atoms with van der Waals surface area (Å²) in [4.78, 5) is 0. The summed E-state index contributed by atoms with van der Waals surface area (Å²) >= 11 is 0. The monoisotopic (exact) mass is 263 g/mol. The summed E-state index contributed by atoms with van der Waals surface area (Å²) in [6.07, 6.45) is 2.93. The maximum atomic E-state index is 13.4. The van der Waals surface area contributed by atoms with Crippen LogP contribution < -0.4 is 5.73 Å². The quantitative estimate of drug-likeness (QED) is 0.842. The lowest BCUT2D eigenvalue weighted by atomic mass is 10.1. The summed E-state index contributed by atoms with van der Waals surface area (Å²) in [5.41, 5.74) is 6.91. The van der Waals surface area contributed by atoms with Gasteiger partial charge < -0.3 is 5.73 Å². The molecule has 0 spiro atoms. The van der Waals surface area contributed by atoms with Crippen LogP contribution in [-0.4, -0.2) is 20.2 Å². The van der Waals surface area contributed by atoms with Crippen molar-refractivity contribution in [2.45, 2.75) is 39.2 Å². The number of hydrogen-bond donors (Lipinski definition) is 1. The Bertz CT molecular complexity index is 552. The van der Waals surface area contributed by atoms with E-state index in [9.17, 15) is 4.39 Å². The van der Waals surface area contributed by atoms with Gasteiger partial charge in [-0.15, -0.1) is 5.10 Å². The highest BCUT2D eigenvalue weighted by Gasteiger charge is 2.18. The Labute approximate surface area is 111 Å². The van der Waals surface area contributed by atoms with Crippen LogP contribution in [0.5, 0.6) is 0 Å². The molecule has 1 aromatic carbocycles. The van der Waals surface area contributed by atoms with Crippen LogP contribution in [0.15, 0.2) is 18.2 Å². The van der Waals surface area contributed by atoms with Crippen molar-refractivity contribution >= 4 is 5.69 Å². The van der Waals surface area contributed by atoms with E-state index in [-0.39, 0.29) is 11.9 Å². The molecule has 1 heterocycles. The summed E-state index contributed by atoms with van der Waals surface area (Å²) in [7, 11) is 0. The van der Waals surface area contributed by atoms with Crippen molar-refractivity contribution in [2.75, 3.05) is 5.73 Å². The van der Waals surface area contributed by atoms with Gasteiger partial charge >= 0.3 is 0 Å². The van der Waals surface area contributed by atoms with E-state index in [1.807, 2.05) is 0 Å². The van der Waals surface area contributed by atoms with Gasteiger partial charge in [-0.05, 0) is 41.5 Å². The van der Waals surface area contributed by atoms with Gasteiger partial charge in [-0.3, -0.25) is 0 Å². The summed E-state index contributed by atoms with van der Waals surface area (Å²) < 4.78 is 15.1. The third-order valence-electron chi connectivity index (χ3n) is 3.19. The highest BCUT2D eigenvalue weighted by atomic mass is 19.1. The van der Waals surface area contributed by atoms with E-state index in [0.29, 0.717) is 17.1 Å². The molecule has 0 radical (unpaired) electrons. The molecule has 0 amide bonds. The predicted octanol–water partition coefficient (Wildman–Crippen LogP) is 2.81. The van der Waals surface area contributed by atoms with Crippen LogP contribution in [0.2, 0.25) is 0 Å². The third kappa shape index (κ3) is 2.72. The van der Waals surface area contributed by atoms with Gasteiger partial charge in [0, 0.05) is 11.3 Å². The molecule has 0 fully saturated rings. The van der Waals surface area contributed by atoms with Crippen molar-refractivity contribution in [3.63, 3.8) is 0 Å². The molecule has 2 rings (SSSR count). The van der Waals surface area contributed by atoms with Crippen molar-refractivity contribution in [1.82, 2.24) is 20.2 Å². The number of tetrazole rings is 1. The molecule has 1 atom stereocenters. The van der Waals surface area contributed by atoms with Gasteiger partial charge in [0.25, 0.3) is 0 Å².